The molecule has 2 fully saturated rings. The maximum absolute atomic E-state index is 11.3. The van der Waals surface area contributed by atoms with Crippen LogP contribution in [-0.2, 0) is 32.5 Å². The molecule has 0 aliphatic carbocycles. The van der Waals surface area contributed by atoms with E-state index in [0.717, 1.165) is 50.9 Å². The average molecular weight is 543 g/mol. The van der Waals surface area contributed by atoms with Crippen LogP contribution in [0.1, 0.15) is 36.8 Å². The second-order valence-corrected chi connectivity index (χ2v) is 13.7. The summed E-state index contributed by atoms with van der Waals surface area (Å²) in [5.41, 5.74) is 2.48. The average Bonchev–Trinajstić information content (AvgIpc) is 2.80. The molecule has 0 unspecified atom stereocenters. The van der Waals surface area contributed by atoms with Gasteiger partial charge in [-0.1, -0.05) is 24.3 Å². The lowest BCUT2D eigenvalue weighted by Gasteiger charge is -2.22. The molecular weight excluding hydrogens is 504 g/mol. The Morgan fingerprint density at radius 1 is 0.600 bits per heavy atom. The monoisotopic (exact) mass is 542 g/mol. The van der Waals surface area contributed by atoms with Crippen molar-refractivity contribution in [3.05, 3.63) is 59.7 Å². The van der Waals surface area contributed by atoms with Crippen molar-refractivity contribution in [1.82, 2.24) is 10.6 Å². The van der Waals surface area contributed by atoms with Crippen LogP contribution in [0.4, 0.5) is 0 Å². The minimum atomic E-state index is -3.06. The third kappa shape index (κ3) is 10.2. The van der Waals surface area contributed by atoms with E-state index in [1.54, 1.807) is 24.3 Å². The molecule has 2 aliphatic rings. The van der Waals surface area contributed by atoms with Crippen LogP contribution in [0.3, 0.4) is 0 Å². The second-order valence-electron chi connectivity index (χ2n) is 9.63. The Morgan fingerprint density at radius 2 is 0.886 bits per heavy atom. The van der Waals surface area contributed by atoms with Gasteiger partial charge in [0.2, 0.25) is 0 Å². The van der Waals surface area contributed by atoms with E-state index in [4.69, 9.17) is 0 Å². The van der Waals surface area contributed by atoms with Gasteiger partial charge in [0.25, 0.3) is 0 Å². The number of rotatable bonds is 6. The van der Waals surface area contributed by atoms with Crippen molar-refractivity contribution in [2.24, 2.45) is 11.8 Å². The first-order valence-electron chi connectivity index (χ1n) is 12.1. The third-order valence-electron chi connectivity index (χ3n) is 6.67. The smallest absolute Gasteiger partial charge is 0.175 e. The lowest BCUT2D eigenvalue weighted by molar-refractivity contribution is 0.372. The quantitative estimate of drug-likeness (QED) is 0.578. The number of halogens is 1. The molecule has 0 bridgehead atoms. The van der Waals surface area contributed by atoms with Crippen LogP contribution in [-0.4, -0.2) is 55.5 Å². The van der Waals surface area contributed by atoms with Gasteiger partial charge in [-0.3, -0.25) is 0 Å². The predicted octanol–water partition coefficient (Wildman–Crippen LogP) is 3.69. The molecule has 0 radical (unpaired) electrons. The Balaban J connectivity index is 0.000000240. The van der Waals surface area contributed by atoms with E-state index in [0.29, 0.717) is 9.79 Å². The number of hydrogen-bond acceptors (Lipinski definition) is 6. The van der Waals surface area contributed by atoms with E-state index in [1.807, 2.05) is 24.3 Å². The van der Waals surface area contributed by atoms with E-state index in [1.165, 1.54) is 49.3 Å². The van der Waals surface area contributed by atoms with Crippen molar-refractivity contribution in [2.75, 3.05) is 38.7 Å². The Bertz CT molecular complexity index is 1020. The van der Waals surface area contributed by atoms with Gasteiger partial charge in [0, 0.05) is 12.5 Å². The lowest BCUT2D eigenvalue weighted by atomic mass is 9.91. The number of sulfone groups is 2. The van der Waals surface area contributed by atoms with Crippen molar-refractivity contribution in [2.45, 2.75) is 48.3 Å². The Labute approximate surface area is 217 Å². The van der Waals surface area contributed by atoms with Crippen LogP contribution >= 0.6 is 12.4 Å². The molecule has 0 atom stereocenters. The minimum Gasteiger partial charge on any atom is -0.317 e. The molecule has 2 aromatic rings. The van der Waals surface area contributed by atoms with Gasteiger partial charge in [0.1, 0.15) is 0 Å². The molecule has 196 valence electrons. The van der Waals surface area contributed by atoms with Gasteiger partial charge in [-0.05, 0) is 112 Å². The van der Waals surface area contributed by atoms with Gasteiger partial charge in [-0.15, -0.1) is 12.4 Å². The van der Waals surface area contributed by atoms with Crippen LogP contribution < -0.4 is 10.6 Å². The number of nitrogens with one attached hydrogen (secondary N) is 2. The molecule has 35 heavy (non-hydrogen) atoms. The zero-order chi connectivity index (χ0) is 24.6. The Hall–Kier alpha value is -1.45. The molecule has 6 nitrogen and oxygen atoms in total. The minimum absolute atomic E-state index is 0. The Morgan fingerprint density at radius 3 is 1.14 bits per heavy atom. The SMILES string of the molecule is CS(=O)(=O)c1ccc(CC2CCNCC2)cc1.CS(=O)(=O)c1ccc(CC2CCNCC2)cc1.Cl. The summed E-state index contributed by atoms with van der Waals surface area (Å²) in [4.78, 5) is 0.818. The molecule has 0 saturated carbocycles. The molecule has 2 aromatic carbocycles. The first-order valence-corrected chi connectivity index (χ1v) is 15.9. The third-order valence-corrected chi connectivity index (χ3v) is 8.93. The summed E-state index contributed by atoms with van der Waals surface area (Å²) >= 11 is 0. The van der Waals surface area contributed by atoms with Crippen LogP contribution in [0.25, 0.3) is 0 Å². The first-order chi connectivity index (χ1) is 16.1. The van der Waals surface area contributed by atoms with Gasteiger partial charge in [-0.2, -0.15) is 0 Å². The predicted molar refractivity (Wildman–Crippen MR) is 145 cm³/mol. The highest BCUT2D eigenvalue weighted by molar-refractivity contribution is 7.91. The van der Waals surface area contributed by atoms with Crippen molar-refractivity contribution in [1.29, 1.82) is 0 Å². The molecule has 2 N–H and O–H groups in total. The van der Waals surface area contributed by atoms with Crippen molar-refractivity contribution in [3.63, 3.8) is 0 Å². The number of benzene rings is 2. The molecule has 2 heterocycles. The maximum atomic E-state index is 11.3. The van der Waals surface area contributed by atoms with Gasteiger partial charge in [0.15, 0.2) is 19.7 Å². The van der Waals surface area contributed by atoms with E-state index in [2.05, 4.69) is 10.6 Å². The first kappa shape index (κ1) is 29.8. The zero-order valence-electron chi connectivity index (χ0n) is 20.7. The van der Waals surface area contributed by atoms with Crippen molar-refractivity contribution < 1.29 is 16.8 Å². The summed E-state index contributed by atoms with van der Waals surface area (Å²) in [5, 5.41) is 6.70. The van der Waals surface area contributed by atoms with Crippen molar-refractivity contribution >= 4 is 32.1 Å². The standard InChI is InChI=1S/2C13H19NO2S.ClH/c2*1-17(15,16)13-4-2-11(3-5-13)10-12-6-8-14-9-7-12;/h2*2-5,12,14H,6-10H2,1H3;1H. The molecule has 0 spiro atoms. The highest BCUT2D eigenvalue weighted by Gasteiger charge is 2.15. The van der Waals surface area contributed by atoms with E-state index in [9.17, 15) is 16.8 Å². The summed E-state index contributed by atoms with van der Waals surface area (Å²) < 4.78 is 45.3. The van der Waals surface area contributed by atoms with Gasteiger partial charge in [-0.25, -0.2) is 16.8 Å². The van der Waals surface area contributed by atoms with E-state index >= 15 is 0 Å². The van der Waals surface area contributed by atoms with Gasteiger partial charge >= 0.3 is 0 Å². The fourth-order valence-corrected chi connectivity index (χ4v) is 5.84. The summed E-state index contributed by atoms with van der Waals surface area (Å²) in [6.07, 6.45) is 9.48. The molecule has 0 amide bonds. The van der Waals surface area contributed by atoms with E-state index < -0.39 is 19.7 Å². The fraction of sp³-hybridized carbons (Fsp3) is 0.538. The van der Waals surface area contributed by atoms with Crippen LogP contribution in [0.5, 0.6) is 0 Å². The van der Waals surface area contributed by atoms with E-state index in [-0.39, 0.29) is 12.4 Å². The highest BCUT2D eigenvalue weighted by atomic mass is 35.5. The van der Waals surface area contributed by atoms with Gasteiger partial charge in [0.05, 0.1) is 9.79 Å². The molecule has 4 rings (SSSR count). The maximum Gasteiger partial charge on any atom is 0.175 e. The number of hydrogen-bond donors (Lipinski definition) is 2. The topological polar surface area (TPSA) is 92.3 Å². The van der Waals surface area contributed by atoms with Crippen LogP contribution in [0.15, 0.2) is 58.3 Å². The fourth-order valence-electron chi connectivity index (χ4n) is 4.58. The number of piperidine rings is 2. The van der Waals surface area contributed by atoms with Crippen molar-refractivity contribution in [3.8, 4) is 0 Å². The molecule has 9 heteroatoms. The molecule has 2 saturated heterocycles. The summed E-state index contributed by atoms with van der Waals surface area (Å²) in [5.74, 6) is 1.47. The molecule has 2 aliphatic heterocycles. The molecular formula is C26H39ClN2O4S2. The highest BCUT2D eigenvalue weighted by Crippen LogP contribution is 2.20. The Kier molecular flexibility index (Phi) is 11.7. The van der Waals surface area contributed by atoms with Gasteiger partial charge < -0.3 is 10.6 Å². The summed E-state index contributed by atoms with van der Waals surface area (Å²) in [6, 6.07) is 14.6. The summed E-state index contributed by atoms with van der Waals surface area (Å²) in [7, 11) is -6.13. The zero-order valence-corrected chi connectivity index (χ0v) is 23.2. The molecule has 0 aromatic heterocycles. The summed E-state index contributed by atoms with van der Waals surface area (Å²) in [6.45, 7) is 4.41. The van der Waals surface area contributed by atoms with Crippen LogP contribution in [0, 0.1) is 11.8 Å². The van der Waals surface area contributed by atoms with Crippen LogP contribution in [0.2, 0.25) is 0 Å². The lowest BCUT2D eigenvalue weighted by Crippen LogP contribution is -2.28. The normalized spacial score (nSPS) is 17.7. The second kappa shape index (κ2) is 13.7. The largest absolute Gasteiger partial charge is 0.317 e.